The van der Waals surface area contributed by atoms with E-state index in [0.717, 1.165) is 4.68 Å². The van der Waals surface area contributed by atoms with Gasteiger partial charge in [-0.05, 0) is 6.92 Å². The summed E-state index contributed by atoms with van der Waals surface area (Å²) in [6, 6.07) is 0. The molecule has 0 fully saturated rings. The molecule has 3 N–H and O–H groups in total. The molecule has 1 heterocycles. The molecule has 0 saturated carbocycles. The van der Waals surface area contributed by atoms with Crippen LogP contribution in [0.4, 0.5) is 0 Å². The molecule has 0 unspecified atom stereocenters. The Bertz CT molecular complexity index is 470. The van der Waals surface area contributed by atoms with Crippen molar-refractivity contribution in [3.63, 3.8) is 0 Å². The van der Waals surface area contributed by atoms with E-state index < -0.39 is 11.9 Å². The summed E-state index contributed by atoms with van der Waals surface area (Å²) in [6.07, 6.45) is 1.40. The van der Waals surface area contributed by atoms with Gasteiger partial charge in [0.1, 0.15) is 6.54 Å². The average Bonchev–Trinajstić information content (AvgIpc) is 2.77. The van der Waals surface area contributed by atoms with Crippen LogP contribution in [-0.4, -0.2) is 51.0 Å². The summed E-state index contributed by atoms with van der Waals surface area (Å²) < 4.78 is 1.04. The van der Waals surface area contributed by atoms with Gasteiger partial charge in [0, 0.05) is 19.5 Å². The molecule has 0 saturated heterocycles. The molecule has 0 aliphatic rings. The van der Waals surface area contributed by atoms with Crippen molar-refractivity contribution in [3.8, 4) is 0 Å². The van der Waals surface area contributed by atoms with Crippen molar-refractivity contribution in [2.24, 2.45) is 0 Å². The predicted octanol–water partition coefficient (Wildman–Crippen LogP) is -1.38. The first kappa shape index (κ1) is 14.6. The van der Waals surface area contributed by atoms with Crippen molar-refractivity contribution in [3.05, 3.63) is 11.9 Å². The molecule has 19 heavy (non-hydrogen) atoms. The molecule has 0 spiro atoms. The van der Waals surface area contributed by atoms with Gasteiger partial charge in [-0.2, -0.15) is 0 Å². The van der Waals surface area contributed by atoms with Gasteiger partial charge in [0.05, 0.1) is 6.20 Å². The van der Waals surface area contributed by atoms with Crippen LogP contribution in [-0.2, 0) is 16.1 Å². The van der Waals surface area contributed by atoms with Gasteiger partial charge >= 0.3 is 5.97 Å². The zero-order chi connectivity index (χ0) is 14.3. The van der Waals surface area contributed by atoms with Gasteiger partial charge in [0.2, 0.25) is 5.91 Å². The monoisotopic (exact) mass is 269 g/mol. The van der Waals surface area contributed by atoms with Crippen LogP contribution in [0.5, 0.6) is 0 Å². The van der Waals surface area contributed by atoms with Crippen molar-refractivity contribution in [1.29, 1.82) is 0 Å². The Morgan fingerprint density at radius 1 is 1.37 bits per heavy atom. The molecular weight excluding hydrogens is 254 g/mol. The second-order valence-corrected chi connectivity index (χ2v) is 3.65. The number of nitrogens with one attached hydrogen (secondary N) is 2. The standard InChI is InChI=1S/C10H15N5O4/c1-2-11-8(16)3-4-12-10(19)7-5-15(14-13-7)6-9(17)18/h5H,2-4,6H2,1H3,(H,11,16)(H,12,19)(H,17,18). The fraction of sp³-hybridized carbons (Fsp3) is 0.500. The normalized spacial score (nSPS) is 9.95. The molecule has 9 heteroatoms. The summed E-state index contributed by atoms with van der Waals surface area (Å²) in [4.78, 5) is 33.1. The van der Waals surface area contributed by atoms with E-state index in [9.17, 15) is 14.4 Å². The highest BCUT2D eigenvalue weighted by molar-refractivity contribution is 5.92. The number of carbonyl (C=O) groups excluding carboxylic acids is 2. The number of amides is 2. The maximum Gasteiger partial charge on any atom is 0.325 e. The van der Waals surface area contributed by atoms with E-state index in [1.165, 1.54) is 6.20 Å². The van der Waals surface area contributed by atoms with Crippen molar-refractivity contribution in [1.82, 2.24) is 25.6 Å². The molecule has 9 nitrogen and oxygen atoms in total. The number of aromatic nitrogens is 3. The van der Waals surface area contributed by atoms with Crippen molar-refractivity contribution in [2.75, 3.05) is 13.1 Å². The lowest BCUT2D eigenvalue weighted by atomic mass is 10.3. The fourth-order valence-corrected chi connectivity index (χ4v) is 1.28. The number of carboxylic acids is 1. The molecule has 0 bridgehead atoms. The van der Waals surface area contributed by atoms with E-state index in [1.807, 2.05) is 0 Å². The molecule has 0 aliphatic heterocycles. The SMILES string of the molecule is CCNC(=O)CCNC(=O)c1cn(CC(=O)O)nn1. The quantitative estimate of drug-likeness (QED) is 0.560. The summed E-state index contributed by atoms with van der Waals surface area (Å²) in [5, 5.41) is 20.7. The van der Waals surface area contributed by atoms with E-state index >= 15 is 0 Å². The topological polar surface area (TPSA) is 126 Å². The van der Waals surface area contributed by atoms with Crippen LogP contribution in [0, 0.1) is 0 Å². The minimum atomic E-state index is -1.08. The minimum Gasteiger partial charge on any atom is -0.480 e. The zero-order valence-electron chi connectivity index (χ0n) is 10.4. The maximum absolute atomic E-state index is 11.6. The van der Waals surface area contributed by atoms with Crippen LogP contribution in [0.15, 0.2) is 6.20 Å². The zero-order valence-corrected chi connectivity index (χ0v) is 10.4. The van der Waals surface area contributed by atoms with Crippen molar-refractivity contribution >= 4 is 17.8 Å². The van der Waals surface area contributed by atoms with E-state index in [1.54, 1.807) is 6.92 Å². The molecule has 1 aromatic heterocycles. The number of carboxylic acid groups (broad SMARTS) is 1. The van der Waals surface area contributed by atoms with Gasteiger partial charge in [0.15, 0.2) is 5.69 Å². The first-order valence-electron chi connectivity index (χ1n) is 5.69. The average molecular weight is 269 g/mol. The lowest BCUT2D eigenvalue weighted by molar-refractivity contribution is -0.138. The molecule has 0 radical (unpaired) electrons. The van der Waals surface area contributed by atoms with Crippen LogP contribution in [0.3, 0.4) is 0 Å². The van der Waals surface area contributed by atoms with Gasteiger partial charge in [-0.1, -0.05) is 5.21 Å². The summed E-state index contributed by atoms with van der Waals surface area (Å²) in [6.45, 7) is 2.16. The molecule has 2 amide bonds. The number of rotatable bonds is 7. The van der Waals surface area contributed by atoms with E-state index in [0.29, 0.717) is 6.54 Å². The molecule has 1 rings (SSSR count). The first-order valence-corrected chi connectivity index (χ1v) is 5.69. The Morgan fingerprint density at radius 3 is 2.74 bits per heavy atom. The van der Waals surface area contributed by atoms with Gasteiger partial charge in [-0.25, -0.2) is 4.68 Å². The smallest absolute Gasteiger partial charge is 0.325 e. The Labute approximate surface area is 109 Å². The van der Waals surface area contributed by atoms with Crippen molar-refractivity contribution in [2.45, 2.75) is 19.9 Å². The Balaban J connectivity index is 2.39. The minimum absolute atomic E-state index is 0.0112. The number of nitrogens with zero attached hydrogens (tertiary/aromatic N) is 3. The molecule has 0 aromatic carbocycles. The highest BCUT2D eigenvalue weighted by Gasteiger charge is 2.11. The second kappa shape index (κ2) is 7.09. The predicted molar refractivity (Wildman–Crippen MR) is 63.3 cm³/mol. The van der Waals surface area contributed by atoms with Crippen molar-refractivity contribution < 1.29 is 19.5 Å². The van der Waals surface area contributed by atoms with Crippen LogP contribution < -0.4 is 10.6 Å². The van der Waals surface area contributed by atoms with Gasteiger partial charge in [-0.3, -0.25) is 14.4 Å². The third-order valence-corrected chi connectivity index (χ3v) is 2.08. The Hall–Kier alpha value is -2.45. The fourth-order valence-electron chi connectivity index (χ4n) is 1.28. The summed E-state index contributed by atoms with van der Waals surface area (Å²) in [5.41, 5.74) is 0.0112. The van der Waals surface area contributed by atoms with Gasteiger partial charge < -0.3 is 15.7 Å². The van der Waals surface area contributed by atoms with E-state index in [2.05, 4.69) is 20.9 Å². The number of hydrogen-bond donors (Lipinski definition) is 3. The highest BCUT2D eigenvalue weighted by atomic mass is 16.4. The Morgan fingerprint density at radius 2 is 2.11 bits per heavy atom. The van der Waals surface area contributed by atoms with Gasteiger partial charge in [0.25, 0.3) is 5.91 Å². The number of hydrogen-bond acceptors (Lipinski definition) is 5. The second-order valence-electron chi connectivity index (χ2n) is 3.65. The van der Waals surface area contributed by atoms with Crippen LogP contribution in [0.1, 0.15) is 23.8 Å². The molecule has 1 aromatic rings. The third kappa shape index (κ3) is 5.15. The molecule has 104 valence electrons. The number of carbonyl (C=O) groups is 3. The number of aliphatic carboxylic acids is 1. The lowest BCUT2D eigenvalue weighted by Gasteiger charge is -2.03. The summed E-state index contributed by atoms with van der Waals surface area (Å²) in [5.74, 6) is -1.73. The Kier molecular flexibility index (Phi) is 5.45. The van der Waals surface area contributed by atoms with Crippen LogP contribution >= 0.6 is 0 Å². The van der Waals surface area contributed by atoms with Crippen LogP contribution in [0.25, 0.3) is 0 Å². The van der Waals surface area contributed by atoms with E-state index in [4.69, 9.17) is 5.11 Å². The van der Waals surface area contributed by atoms with E-state index in [-0.39, 0.29) is 31.1 Å². The van der Waals surface area contributed by atoms with Crippen LogP contribution in [0.2, 0.25) is 0 Å². The molecule has 0 atom stereocenters. The third-order valence-electron chi connectivity index (χ3n) is 2.08. The van der Waals surface area contributed by atoms with Gasteiger partial charge in [-0.15, -0.1) is 5.10 Å². The summed E-state index contributed by atoms with van der Waals surface area (Å²) >= 11 is 0. The largest absolute Gasteiger partial charge is 0.480 e. The molecule has 0 aliphatic carbocycles. The molecular formula is C10H15N5O4. The summed E-state index contributed by atoms with van der Waals surface area (Å²) in [7, 11) is 0. The highest BCUT2D eigenvalue weighted by Crippen LogP contribution is 1.93. The maximum atomic E-state index is 11.6. The first-order chi connectivity index (χ1) is 9.02. The lowest BCUT2D eigenvalue weighted by Crippen LogP contribution is -2.30.